The maximum absolute atomic E-state index is 9.47. The number of pyridine rings is 1. The average Bonchev–Trinajstić information content (AvgIpc) is 2.91. The number of methoxy groups -OCH3 is 1. The molecule has 1 saturated heterocycles. The maximum atomic E-state index is 9.47. The summed E-state index contributed by atoms with van der Waals surface area (Å²) >= 11 is 0. The molecular formula is C17H22N4O. The van der Waals surface area contributed by atoms with Crippen molar-refractivity contribution in [3.05, 3.63) is 41.7 Å². The molecular weight excluding hydrogens is 276 g/mol. The summed E-state index contributed by atoms with van der Waals surface area (Å²) in [5.74, 6) is 0. The van der Waals surface area contributed by atoms with Gasteiger partial charge >= 0.3 is 0 Å². The number of aromatic nitrogens is 1. The predicted molar refractivity (Wildman–Crippen MR) is 85.7 cm³/mol. The van der Waals surface area contributed by atoms with Crippen molar-refractivity contribution >= 4 is 5.52 Å². The van der Waals surface area contributed by atoms with Gasteiger partial charge in [-0.2, -0.15) is 5.26 Å². The van der Waals surface area contributed by atoms with Crippen LogP contribution < -0.4 is 0 Å². The van der Waals surface area contributed by atoms with E-state index >= 15 is 0 Å². The summed E-state index contributed by atoms with van der Waals surface area (Å²) < 4.78 is 7.18. The van der Waals surface area contributed by atoms with Crippen molar-refractivity contribution < 1.29 is 4.74 Å². The number of ether oxygens (including phenoxy) is 1. The molecule has 0 atom stereocenters. The summed E-state index contributed by atoms with van der Waals surface area (Å²) in [4.78, 5) is 4.86. The Morgan fingerprint density at radius 1 is 1.18 bits per heavy atom. The second-order valence-corrected chi connectivity index (χ2v) is 5.74. The van der Waals surface area contributed by atoms with Gasteiger partial charge < -0.3 is 9.14 Å². The maximum Gasteiger partial charge on any atom is 0.102 e. The van der Waals surface area contributed by atoms with Gasteiger partial charge in [0.15, 0.2) is 0 Å². The largest absolute Gasteiger partial charge is 0.383 e. The Labute approximate surface area is 131 Å². The molecule has 22 heavy (non-hydrogen) atoms. The van der Waals surface area contributed by atoms with Crippen LogP contribution in [0, 0.1) is 11.3 Å². The number of hydrogen-bond donors (Lipinski definition) is 0. The Bertz CT molecular complexity index is 665. The first-order valence-corrected chi connectivity index (χ1v) is 7.74. The highest BCUT2D eigenvalue weighted by Crippen LogP contribution is 2.20. The van der Waals surface area contributed by atoms with Crippen molar-refractivity contribution in [1.29, 1.82) is 5.26 Å². The van der Waals surface area contributed by atoms with Crippen LogP contribution in [0.2, 0.25) is 0 Å². The van der Waals surface area contributed by atoms with E-state index in [4.69, 9.17) is 4.74 Å². The van der Waals surface area contributed by atoms with Crippen LogP contribution in [0.1, 0.15) is 11.1 Å². The highest BCUT2D eigenvalue weighted by atomic mass is 16.5. The van der Waals surface area contributed by atoms with E-state index in [0.717, 1.165) is 62.5 Å². The quantitative estimate of drug-likeness (QED) is 0.840. The Morgan fingerprint density at radius 2 is 1.95 bits per heavy atom. The SMILES string of the molecule is COCCN1CCN(Cc2cn3ccccc3c2C#N)CC1. The minimum Gasteiger partial charge on any atom is -0.383 e. The number of nitriles is 1. The lowest BCUT2D eigenvalue weighted by Gasteiger charge is -2.34. The topological polar surface area (TPSA) is 43.9 Å². The van der Waals surface area contributed by atoms with Gasteiger partial charge in [-0.3, -0.25) is 9.80 Å². The standard InChI is InChI=1S/C17H22N4O/c1-22-11-10-19-6-8-20(9-7-19)13-15-14-21-5-3-2-4-17(21)16(15)12-18/h2-5,14H,6-11,13H2,1H3. The number of nitrogens with zero attached hydrogens (tertiary/aromatic N) is 4. The fraction of sp³-hybridized carbons (Fsp3) is 0.471. The molecule has 0 amide bonds. The molecule has 116 valence electrons. The third kappa shape index (κ3) is 3.14. The molecule has 2 aromatic heterocycles. The van der Waals surface area contributed by atoms with Crippen molar-refractivity contribution in [2.75, 3.05) is 46.4 Å². The molecule has 0 bridgehead atoms. The second-order valence-electron chi connectivity index (χ2n) is 5.74. The van der Waals surface area contributed by atoms with Gasteiger partial charge in [-0.1, -0.05) is 6.07 Å². The van der Waals surface area contributed by atoms with Crippen LogP contribution in [0.4, 0.5) is 0 Å². The molecule has 1 aliphatic heterocycles. The minimum absolute atomic E-state index is 0.795. The fourth-order valence-corrected chi connectivity index (χ4v) is 3.06. The van der Waals surface area contributed by atoms with Gasteiger partial charge in [-0.05, 0) is 12.1 Å². The van der Waals surface area contributed by atoms with E-state index in [1.807, 2.05) is 28.8 Å². The minimum atomic E-state index is 0.795. The lowest BCUT2D eigenvalue weighted by molar-refractivity contribution is 0.0938. The smallest absolute Gasteiger partial charge is 0.102 e. The van der Waals surface area contributed by atoms with Crippen LogP contribution in [0.25, 0.3) is 5.52 Å². The zero-order valence-corrected chi connectivity index (χ0v) is 13.0. The highest BCUT2D eigenvalue weighted by Gasteiger charge is 2.19. The van der Waals surface area contributed by atoms with Gasteiger partial charge in [0.1, 0.15) is 6.07 Å². The first-order chi connectivity index (χ1) is 10.8. The molecule has 2 aromatic rings. The average molecular weight is 298 g/mol. The number of piperazine rings is 1. The summed E-state index contributed by atoms with van der Waals surface area (Å²) in [5, 5.41) is 9.47. The molecule has 3 heterocycles. The van der Waals surface area contributed by atoms with Crippen molar-refractivity contribution in [3.8, 4) is 6.07 Å². The summed E-state index contributed by atoms with van der Waals surface area (Å²) in [6, 6.07) is 8.35. The summed E-state index contributed by atoms with van der Waals surface area (Å²) in [6.45, 7) is 6.87. The van der Waals surface area contributed by atoms with Crippen LogP contribution in [0.3, 0.4) is 0 Å². The van der Waals surface area contributed by atoms with Gasteiger partial charge in [0.25, 0.3) is 0 Å². The van der Waals surface area contributed by atoms with E-state index < -0.39 is 0 Å². The second kappa shape index (κ2) is 6.93. The van der Waals surface area contributed by atoms with Crippen LogP contribution in [-0.4, -0.2) is 60.6 Å². The van der Waals surface area contributed by atoms with Crippen molar-refractivity contribution in [3.63, 3.8) is 0 Å². The zero-order chi connectivity index (χ0) is 15.4. The molecule has 0 spiro atoms. The highest BCUT2D eigenvalue weighted by molar-refractivity contribution is 5.65. The molecule has 0 N–H and O–H groups in total. The Balaban J connectivity index is 1.66. The van der Waals surface area contributed by atoms with Gasteiger partial charge in [0, 0.05) is 64.3 Å². The summed E-state index contributed by atoms with van der Waals surface area (Å²) in [7, 11) is 1.75. The zero-order valence-electron chi connectivity index (χ0n) is 13.0. The van der Waals surface area contributed by atoms with E-state index in [1.165, 1.54) is 0 Å². The van der Waals surface area contributed by atoms with Gasteiger partial charge in [-0.25, -0.2) is 0 Å². The van der Waals surface area contributed by atoms with E-state index in [1.54, 1.807) is 7.11 Å². The van der Waals surface area contributed by atoms with E-state index in [0.29, 0.717) is 0 Å². The predicted octanol–water partition coefficient (Wildman–Crippen LogP) is 1.57. The summed E-state index contributed by atoms with van der Waals surface area (Å²) in [5.41, 5.74) is 2.93. The lowest BCUT2D eigenvalue weighted by Crippen LogP contribution is -2.46. The molecule has 5 heteroatoms. The van der Waals surface area contributed by atoms with Crippen molar-refractivity contribution in [2.45, 2.75) is 6.54 Å². The first kappa shape index (κ1) is 15.0. The fourth-order valence-electron chi connectivity index (χ4n) is 3.06. The molecule has 0 aromatic carbocycles. The lowest BCUT2D eigenvalue weighted by atomic mass is 10.1. The normalized spacial score (nSPS) is 16.9. The molecule has 0 radical (unpaired) electrons. The first-order valence-electron chi connectivity index (χ1n) is 7.74. The molecule has 0 saturated carbocycles. The number of hydrogen-bond acceptors (Lipinski definition) is 4. The summed E-state index contributed by atoms with van der Waals surface area (Å²) in [6.07, 6.45) is 4.09. The van der Waals surface area contributed by atoms with Gasteiger partial charge in [0.05, 0.1) is 17.7 Å². The number of fused-ring (bicyclic) bond motifs is 1. The van der Waals surface area contributed by atoms with E-state index in [9.17, 15) is 5.26 Å². The molecule has 5 nitrogen and oxygen atoms in total. The third-order valence-corrected chi connectivity index (χ3v) is 4.34. The van der Waals surface area contributed by atoms with Crippen LogP contribution >= 0.6 is 0 Å². The number of rotatable bonds is 5. The molecule has 0 unspecified atom stereocenters. The van der Waals surface area contributed by atoms with Gasteiger partial charge in [-0.15, -0.1) is 0 Å². The monoisotopic (exact) mass is 298 g/mol. The molecule has 0 aliphatic carbocycles. The molecule has 1 aliphatic rings. The molecule has 3 rings (SSSR count). The van der Waals surface area contributed by atoms with Crippen molar-refractivity contribution in [2.24, 2.45) is 0 Å². The van der Waals surface area contributed by atoms with Crippen LogP contribution in [0.15, 0.2) is 30.6 Å². The van der Waals surface area contributed by atoms with E-state index in [-0.39, 0.29) is 0 Å². The van der Waals surface area contributed by atoms with Gasteiger partial charge in [0.2, 0.25) is 0 Å². The van der Waals surface area contributed by atoms with Crippen molar-refractivity contribution in [1.82, 2.24) is 14.2 Å². The van der Waals surface area contributed by atoms with E-state index in [2.05, 4.69) is 22.1 Å². The Hall–Kier alpha value is -1.87. The molecule has 1 fully saturated rings. The van der Waals surface area contributed by atoms with Crippen LogP contribution in [0.5, 0.6) is 0 Å². The Kier molecular flexibility index (Phi) is 4.74. The van der Waals surface area contributed by atoms with Crippen LogP contribution in [-0.2, 0) is 11.3 Å². The third-order valence-electron chi connectivity index (χ3n) is 4.34. The Morgan fingerprint density at radius 3 is 2.68 bits per heavy atom.